The van der Waals surface area contributed by atoms with Crippen molar-refractivity contribution in [1.29, 1.82) is 0 Å². The molecule has 0 bridgehead atoms. The van der Waals surface area contributed by atoms with Crippen molar-refractivity contribution < 1.29 is 4.79 Å². The van der Waals surface area contributed by atoms with Crippen LogP contribution in [0.2, 0.25) is 0 Å². The van der Waals surface area contributed by atoms with Crippen LogP contribution in [0.3, 0.4) is 0 Å². The molecule has 8 nitrogen and oxygen atoms in total. The molecule has 0 spiro atoms. The minimum absolute atomic E-state index is 0.137. The molecule has 166 valence electrons. The van der Waals surface area contributed by atoms with Crippen LogP contribution >= 0.6 is 0 Å². The Balaban J connectivity index is 1.60. The van der Waals surface area contributed by atoms with Gasteiger partial charge in [-0.2, -0.15) is 5.10 Å². The molecule has 0 saturated carbocycles. The van der Waals surface area contributed by atoms with E-state index in [1.54, 1.807) is 0 Å². The molecule has 0 aliphatic heterocycles. The highest BCUT2D eigenvalue weighted by molar-refractivity contribution is 6.01. The molecule has 3 heterocycles. The first-order chi connectivity index (χ1) is 16.0. The molecule has 33 heavy (non-hydrogen) atoms. The second-order valence-electron chi connectivity index (χ2n) is 8.05. The van der Waals surface area contributed by atoms with Crippen molar-refractivity contribution in [2.24, 2.45) is 0 Å². The number of nitrogens with one attached hydrogen (secondary N) is 4. The third-order valence-corrected chi connectivity index (χ3v) is 5.81. The minimum atomic E-state index is -0.137. The van der Waals surface area contributed by atoms with E-state index in [0.29, 0.717) is 17.0 Å². The van der Waals surface area contributed by atoms with Gasteiger partial charge >= 0.3 is 0 Å². The van der Waals surface area contributed by atoms with E-state index in [9.17, 15) is 4.79 Å². The first kappa shape index (κ1) is 20.8. The fourth-order valence-corrected chi connectivity index (χ4v) is 4.09. The van der Waals surface area contributed by atoms with Crippen LogP contribution in [-0.4, -0.2) is 37.6 Å². The van der Waals surface area contributed by atoms with Crippen LogP contribution in [0, 0.1) is 6.92 Å². The number of aromatic amines is 2. The molecule has 5 rings (SSSR count). The number of benzene rings is 2. The number of hydrogen-bond donors (Lipinski definition) is 4. The van der Waals surface area contributed by atoms with Gasteiger partial charge in [-0.25, -0.2) is 4.98 Å². The molecule has 2 aromatic carbocycles. The summed E-state index contributed by atoms with van der Waals surface area (Å²) in [4.78, 5) is 24.1. The molecular weight excluding hydrogens is 414 g/mol. The quantitative estimate of drug-likeness (QED) is 0.310. The third-order valence-electron chi connectivity index (χ3n) is 5.81. The van der Waals surface area contributed by atoms with Crippen molar-refractivity contribution in [2.75, 3.05) is 11.9 Å². The lowest BCUT2D eigenvalue weighted by Crippen LogP contribution is -2.13. The summed E-state index contributed by atoms with van der Waals surface area (Å²) in [5.41, 5.74) is 8.41. The summed E-state index contributed by atoms with van der Waals surface area (Å²) >= 11 is 0. The van der Waals surface area contributed by atoms with Crippen molar-refractivity contribution in [3.63, 3.8) is 0 Å². The summed E-state index contributed by atoms with van der Waals surface area (Å²) < 4.78 is 0. The number of amides is 1. The van der Waals surface area contributed by atoms with E-state index in [2.05, 4.69) is 56.8 Å². The minimum Gasteiger partial charge on any atom is -0.336 e. The van der Waals surface area contributed by atoms with Gasteiger partial charge in [0.1, 0.15) is 11.2 Å². The molecule has 0 radical (unpaired) electrons. The molecule has 0 fully saturated rings. The molecule has 5 aromatic rings. The van der Waals surface area contributed by atoms with Gasteiger partial charge in [-0.3, -0.25) is 14.9 Å². The largest absolute Gasteiger partial charge is 0.336 e. The highest BCUT2D eigenvalue weighted by Crippen LogP contribution is 2.33. The van der Waals surface area contributed by atoms with Gasteiger partial charge in [0.25, 0.3) is 0 Å². The smallest absolute Gasteiger partial charge is 0.221 e. The average molecular weight is 440 g/mol. The third kappa shape index (κ3) is 3.85. The standard InChI is InChI=1S/C25H25N7O/c1-4-26-11-17-12-27-13-19(14(17)2)16-8-9-20-18(10-16)23(32-31-20)25-29-22-7-5-6-21(24(22)30-25)28-15(3)33/h5-10,12-13,26H,4,11H2,1-3H3,(H,28,33)(H,29,30)(H,31,32). The van der Waals surface area contributed by atoms with Crippen LogP contribution in [0.1, 0.15) is 25.0 Å². The van der Waals surface area contributed by atoms with Crippen LogP contribution in [0.5, 0.6) is 0 Å². The van der Waals surface area contributed by atoms with Gasteiger partial charge in [-0.05, 0) is 54.4 Å². The van der Waals surface area contributed by atoms with Crippen LogP contribution < -0.4 is 10.6 Å². The number of anilines is 1. The Kier molecular flexibility index (Phi) is 5.35. The zero-order valence-electron chi connectivity index (χ0n) is 18.8. The number of carbonyl (C=O) groups excluding carboxylic acids is 1. The Bertz CT molecular complexity index is 1480. The molecule has 0 aliphatic carbocycles. The van der Waals surface area contributed by atoms with Gasteiger partial charge in [0.2, 0.25) is 5.91 Å². The maximum absolute atomic E-state index is 11.6. The van der Waals surface area contributed by atoms with Crippen LogP contribution in [0.15, 0.2) is 48.8 Å². The molecular formula is C25H25N7O. The van der Waals surface area contributed by atoms with Gasteiger partial charge in [-0.15, -0.1) is 0 Å². The van der Waals surface area contributed by atoms with Crippen molar-refractivity contribution in [1.82, 2.24) is 30.5 Å². The summed E-state index contributed by atoms with van der Waals surface area (Å²) in [6, 6.07) is 11.9. The first-order valence-corrected chi connectivity index (χ1v) is 10.9. The topological polar surface area (TPSA) is 111 Å². The van der Waals surface area contributed by atoms with Gasteiger partial charge < -0.3 is 15.6 Å². The Labute approximate surface area is 190 Å². The van der Waals surface area contributed by atoms with Gasteiger partial charge in [0, 0.05) is 36.8 Å². The lowest BCUT2D eigenvalue weighted by atomic mass is 9.98. The van der Waals surface area contributed by atoms with E-state index in [0.717, 1.165) is 46.3 Å². The number of carbonyl (C=O) groups is 1. The van der Waals surface area contributed by atoms with E-state index >= 15 is 0 Å². The Morgan fingerprint density at radius 3 is 2.82 bits per heavy atom. The molecule has 4 N–H and O–H groups in total. The second-order valence-corrected chi connectivity index (χ2v) is 8.05. The molecule has 0 unspecified atom stereocenters. The molecule has 0 atom stereocenters. The van der Waals surface area contributed by atoms with E-state index in [1.807, 2.05) is 36.7 Å². The second kappa shape index (κ2) is 8.48. The predicted octanol–water partition coefficient (Wildman–Crippen LogP) is 4.54. The number of imidazole rings is 1. The molecule has 0 aliphatic rings. The average Bonchev–Trinajstić information content (AvgIpc) is 3.42. The number of H-pyrrole nitrogens is 2. The van der Waals surface area contributed by atoms with Crippen LogP contribution in [0.4, 0.5) is 5.69 Å². The highest BCUT2D eigenvalue weighted by Gasteiger charge is 2.16. The fraction of sp³-hybridized carbons (Fsp3) is 0.200. The summed E-state index contributed by atoms with van der Waals surface area (Å²) in [5, 5.41) is 14.8. The number of nitrogens with zero attached hydrogens (tertiary/aromatic N) is 3. The SMILES string of the molecule is CCNCc1cncc(-c2ccc3[nH]nc(-c4nc5c(NC(C)=O)cccc5[nH]4)c3c2)c1C. The molecule has 0 saturated heterocycles. The number of para-hydroxylation sites is 1. The molecule has 3 aromatic heterocycles. The molecule has 8 heteroatoms. The highest BCUT2D eigenvalue weighted by atomic mass is 16.1. The van der Waals surface area contributed by atoms with E-state index in [1.165, 1.54) is 18.1 Å². The van der Waals surface area contributed by atoms with Crippen molar-refractivity contribution in [3.05, 3.63) is 59.9 Å². The van der Waals surface area contributed by atoms with Gasteiger partial charge in [0.05, 0.1) is 16.7 Å². The van der Waals surface area contributed by atoms with Crippen molar-refractivity contribution in [3.8, 4) is 22.6 Å². The number of aromatic nitrogens is 5. The van der Waals surface area contributed by atoms with Gasteiger partial charge in [0.15, 0.2) is 5.82 Å². The molecule has 1 amide bonds. The Morgan fingerprint density at radius 1 is 1.12 bits per heavy atom. The maximum Gasteiger partial charge on any atom is 0.221 e. The van der Waals surface area contributed by atoms with Crippen LogP contribution in [0.25, 0.3) is 44.6 Å². The zero-order chi connectivity index (χ0) is 22.9. The van der Waals surface area contributed by atoms with Gasteiger partial charge in [-0.1, -0.05) is 19.1 Å². The lowest BCUT2D eigenvalue weighted by molar-refractivity contribution is -0.114. The van der Waals surface area contributed by atoms with Crippen molar-refractivity contribution in [2.45, 2.75) is 27.3 Å². The van der Waals surface area contributed by atoms with Crippen molar-refractivity contribution >= 4 is 33.5 Å². The summed E-state index contributed by atoms with van der Waals surface area (Å²) in [7, 11) is 0. The normalized spacial score (nSPS) is 11.4. The Hall–Kier alpha value is -4.04. The maximum atomic E-state index is 11.6. The van der Waals surface area contributed by atoms with E-state index in [-0.39, 0.29) is 5.91 Å². The number of rotatable bonds is 6. The van der Waals surface area contributed by atoms with E-state index in [4.69, 9.17) is 4.98 Å². The monoisotopic (exact) mass is 439 g/mol. The van der Waals surface area contributed by atoms with Crippen LogP contribution in [-0.2, 0) is 11.3 Å². The first-order valence-electron chi connectivity index (χ1n) is 10.9. The Morgan fingerprint density at radius 2 is 2.00 bits per heavy atom. The lowest BCUT2D eigenvalue weighted by Gasteiger charge is -2.11. The number of pyridine rings is 1. The number of fused-ring (bicyclic) bond motifs is 2. The number of hydrogen-bond acceptors (Lipinski definition) is 5. The zero-order valence-corrected chi connectivity index (χ0v) is 18.8. The van der Waals surface area contributed by atoms with E-state index < -0.39 is 0 Å². The summed E-state index contributed by atoms with van der Waals surface area (Å²) in [5.74, 6) is 0.504. The summed E-state index contributed by atoms with van der Waals surface area (Å²) in [6.07, 6.45) is 3.83. The summed E-state index contributed by atoms with van der Waals surface area (Å²) in [6.45, 7) is 7.41. The fourth-order valence-electron chi connectivity index (χ4n) is 4.09. The predicted molar refractivity (Wildman–Crippen MR) is 131 cm³/mol.